The second-order valence-electron chi connectivity index (χ2n) is 16.3. The highest BCUT2D eigenvalue weighted by atomic mass is 14.3. The zero-order valence-electron chi connectivity index (χ0n) is 29.8. The van der Waals surface area contributed by atoms with E-state index < -0.39 is 0 Å². The molecule has 0 bridgehead atoms. The van der Waals surface area contributed by atoms with E-state index in [1.165, 1.54) is 103 Å². The monoisotopic (exact) mass is 537 g/mol. The largest absolute Gasteiger partial charge is 0.0654 e. The second-order valence-corrected chi connectivity index (χ2v) is 16.3. The topological polar surface area (TPSA) is 0 Å². The van der Waals surface area contributed by atoms with Gasteiger partial charge in [0.15, 0.2) is 0 Å². The van der Waals surface area contributed by atoms with E-state index in [1.54, 1.807) is 0 Å². The van der Waals surface area contributed by atoms with E-state index in [0.29, 0.717) is 10.8 Å². The third-order valence-electron chi connectivity index (χ3n) is 9.02. The minimum atomic E-state index is 0.476. The zero-order valence-corrected chi connectivity index (χ0v) is 29.8. The average Bonchev–Trinajstić information content (AvgIpc) is 2.77. The molecular formula is C38H80. The Morgan fingerprint density at radius 1 is 0.447 bits per heavy atom. The summed E-state index contributed by atoms with van der Waals surface area (Å²) in [5.74, 6) is 5.56. The van der Waals surface area contributed by atoms with Crippen molar-refractivity contribution in [3.05, 3.63) is 0 Å². The van der Waals surface area contributed by atoms with Gasteiger partial charge < -0.3 is 0 Å². The summed E-state index contributed by atoms with van der Waals surface area (Å²) in [6, 6.07) is 0. The SMILES string of the molecule is CCC(CCC(C)CC(C)(C)C)C(C)CC(C)(C)C.CCCC(C)CCCCC(CC)CCC(C)CCC. The van der Waals surface area contributed by atoms with Crippen molar-refractivity contribution in [2.45, 2.75) is 200 Å². The Hall–Kier alpha value is 0. The molecule has 0 heteroatoms. The maximum atomic E-state index is 2.47. The van der Waals surface area contributed by atoms with Crippen LogP contribution in [0.5, 0.6) is 0 Å². The van der Waals surface area contributed by atoms with Gasteiger partial charge in [-0.05, 0) is 65.6 Å². The van der Waals surface area contributed by atoms with Gasteiger partial charge in [0.1, 0.15) is 0 Å². The first-order valence-electron chi connectivity index (χ1n) is 17.6. The number of hydrogen-bond acceptors (Lipinski definition) is 0. The summed E-state index contributed by atoms with van der Waals surface area (Å²) in [6.07, 6.45) is 22.6. The second kappa shape index (κ2) is 22.7. The van der Waals surface area contributed by atoms with Crippen LogP contribution in [0.2, 0.25) is 0 Å². The van der Waals surface area contributed by atoms with Crippen LogP contribution in [0, 0.1) is 46.3 Å². The molecule has 6 unspecified atom stereocenters. The van der Waals surface area contributed by atoms with Gasteiger partial charge in [-0.1, -0.05) is 180 Å². The molecule has 0 N–H and O–H groups in total. The van der Waals surface area contributed by atoms with E-state index in [4.69, 9.17) is 0 Å². The van der Waals surface area contributed by atoms with Crippen molar-refractivity contribution in [1.82, 2.24) is 0 Å². The molecule has 0 aromatic rings. The maximum absolute atomic E-state index is 2.47. The molecule has 0 radical (unpaired) electrons. The molecule has 0 spiro atoms. The van der Waals surface area contributed by atoms with Crippen LogP contribution in [0.3, 0.4) is 0 Å². The van der Waals surface area contributed by atoms with Gasteiger partial charge in [-0.2, -0.15) is 0 Å². The van der Waals surface area contributed by atoms with Crippen molar-refractivity contribution in [3.63, 3.8) is 0 Å². The molecule has 0 rings (SSSR count). The molecule has 0 saturated heterocycles. The Bertz CT molecular complexity index is 489. The Labute approximate surface area is 245 Å². The highest BCUT2D eigenvalue weighted by Gasteiger charge is 2.23. The summed E-state index contributed by atoms with van der Waals surface area (Å²) in [4.78, 5) is 0. The van der Waals surface area contributed by atoms with Gasteiger partial charge in [-0.15, -0.1) is 0 Å². The molecule has 232 valence electrons. The summed E-state index contributed by atoms with van der Waals surface area (Å²) in [7, 11) is 0. The van der Waals surface area contributed by atoms with Crippen LogP contribution < -0.4 is 0 Å². The lowest BCUT2D eigenvalue weighted by Gasteiger charge is -2.30. The van der Waals surface area contributed by atoms with E-state index >= 15 is 0 Å². The lowest BCUT2D eigenvalue weighted by atomic mass is 9.75. The highest BCUT2D eigenvalue weighted by Crippen LogP contribution is 2.34. The van der Waals surface area contributed by atoms with Crippen molar-refractivity contribution in [2.24, 2.45) is 46.3 Å². The summed E-state index contributed by atoms with van der Waals surface area (Å²) in [5.41, 5.74) is 0.960. The first-order valence-corrected chi connectivity index (χ1v) is 17.6. The third-order valence-corrected chi connectivity index (χ3v) is 9.02. The fraction of sp³-hybridized carbons (Fsp3) is 1.00. The minimum absolute atomic E-state index is 0.476. The average molecular weight is 537 g/mol. The van der Waals surface area contributed by atoms with Crippen LogP contribution in [0.25, 0.3) is 0 Å². The van der Waals surface area contributed by atoms with Gasteiger partial charge >= 0.3 is 0 Å². The Morgan fingerprint density at radius 3 is 1.37 bits per heavy atom. The Kier molecular flexibility index (Phi) is 23.9. The number of hydrogen-bond donors (Lipinski definition) is 0. The molecule has 0 heterocycles. The maximum Gasteiger partial charge on any atom is -0.0380 e. The molecule has 0 aliphatic rings. The zero-order chi connectivity index (χ0) is 29.8. The van der Waals surface area contributed by atoms with Gasteiger partial charge in [-0.25, -0.2) is 0 Å². The van der Waals surface area contributed by atoms with Crippen molar-refractivity contribution < 1.29 is 0 Å². The van der Waals surface area contributed by atoms with E-state index in [2.05, 4.69) is 96.9 Å². The Balaban J connectivity index is 0. The van der Waals surface area contributed by atoms with Crippen LogP contribution in [-0.4, -0.2) is 0 Å². The van der Waals surface area contributed by atoms with E-state index in [1.807, 2.05) is 0 Å². The van der Waals surface area contributed by atoms with Crippen molar-refractivity contribution in [1.29, 1.82) is 0 Å². The predicted molar refractivity (Wildman–Crippen MR) is 179 cm³/mol. The van der Waals surface area contributed by atoms with E-state index in [9.17, 15) is 0 Å². The Morgan fingerprint density at radius 2 is 0.921 bits per heavy atom. The molecule has 0 saturated carbocycles. The van der Waals surface area contributed by atoms with Crippen molar-refractivity contribution >= 4 is 0 Å². The van der Waals surface area contributed by atoms with Crippen LogP contribution in [0.1, 0.15) is 200 Å². The molecule has 0 aromatic heterocycles. The number of unbranched alkanes of at least 4 members (excludes halogenated alkanes) is 1. The van der Waals surface area contributed by atoms with E-state index in [-0.39, 0.29) is 0 Å². The van der Waals surface area contributed by atoms with Crippen LogP contribution in [-0.2, 0) is 0 Å². The molecule has 0 nitrogen and oxygen atoms in total. The standard InChI is InChI=1S/2C19H40/c1-10-17(16(3)14-19(7,8)9)12-11-15(2)13-18(4,5)6;1-6-11-17(4)13-9-10-14-19(8-3)16-15-18(5)12-7-2/h15-17H,10-14H2,1-9H3;17-19H,6-16H2,1-5H3. The summed E-state index contributed by atoms with van der Waals surface area (Å²) in [6.45, 7) is 33.3. The third kappa shape index (κ3) is 26.2. The van der Waals surface area contributed by atoms with Crippen molar-refractivity contribution in [3.8, 4) is 0 Å². The molecule has 0 aromatic carbocycles. The van der Waals surface area contributed by atoms with E-state index in [0.717, 1.165) is 35.5 Å². The van der Waals surface area contributed by atoms with Gasteiger partial charge in [0.05, 0.1) is 0 Å². The molecule has 6 atom stereocenters. The fourth-order valence-corrected chi connectivity index (χ4v) is 6.94. The lowest BCUT2D eigenvalue weighted by Crippen LogP contribution is -2.19. The molecule has 0 fully saturated rings. The quantitative estimate of drug-likeness (QED) is 0.136. The first-order chi connectivity index (χ1) is 17.6. The van der Waals surface area contributed by atoms with Gasteiger partial charge in [0.25, 0.3) is 0 Å². The van der Waals surface area contributed by atoms with Crippen LogP contribution in [0.4, 0.5) is 0 Å². The smallest absolute Gasteiger partial charge is 0.0380 e. The van der Waals surface area contributed by atoms with Crippen LogP contribution in [0.15, 0.2) is 0 Å². The minimum Gasteiger partial charge on any atom is -0.0654 e. The van der Waals surface area contributed by atoms with Gasteiger partial charge in [-0.3, -0.25) is 0 Å². The molecule has 0 aliphatic carbocycles. The predicted octanol–water partition coefficient (Wildman–Crippen LogP) is 14.2. The fourth-order valence-electron chi connectivity index (χ4n) is 6.94. The molecule has 0 aliphatic heterocycles. The lowest BCUT2D eigenvalue weighted by molar-refractivity contribution is 0.206. The molecule has 38 heavy (non-hydrogen) atoms. The van der Waals surface area contributed by atoms with Gasteiger partial charge in [0, 0.05) is 0 Å². The number of rotatable bonds is 20. The molecular weight excluding hydrogens is 456 g/mol. The summed E-state index contributed by atoms with van der Waals surface area (Å²) < 4.78 is 0. The van der Waals surface area contributed by atoms with Crippen LogP contribution >= 0.6 is 0 Å². The highest BCUT2D eigenvalue weighted by molar-refractivity contribution is 4.74. The van der Waals surface area contributed by atoms with Gasteiger partial charge in [0.2, 0.25) is 0 Å². The summed E-state index contributed by atoms with van der Waals surface area (Å²) >= 11 is 0. The first kappa shape index (κ1) is 40.1. The van der Waals surface area contributed by atoms with Crippen molar-refractivity contribution in [2.75, 3.05) is 0 Å². The normalized spacial score (nSPS) is 17.2. The summed E-state index contributed by atoms with van der Waals surface area (Å²) in [5, 5.41) is 0. The molecule has 0 amide bonds.